The molecule has 0 atom stereocenters. The van der Waals surface area contributed by atoms with Crippen molar-refractivity contribution in [1.82, 2.24) is 5.32 Å². The first-order valence-corrected chi connectivity index (χ1v) is 5.54. The zero-order valence-corrected chi connectivity index (χ0v) is 11.5. The molecule has 0 saturated heterocycles. The van der Waals surface area contributed by atoms with Gasteiger partial charge in [0.2, 0.25) is 0 Å². The maximum atomic E-state index is 11.4. The minimum Gasteiger partial charge on any atom is -0.444 e. The van der Waals surface area contributed by atoms with E-state index in [1.54, 1.807) is 13.8 Å². The van der Waals surface area contributed by atoms with E-state index >= 15 is 0 Å². The summed E-state index contributed by atoms with van der Waals surface area (Å²) in [6.45, 7) is 13.0. The summed E-state index contributed by atoms with van der Waals surface area (Å²) in [6.07, 6.45) is -0.454. The summed E-state index contributed by atoms with van der Waals surface area (Å²) < 4.78 is 5.11. The highest BCUT2D eigenvalue weighted by atomic mass is 16.6. The van der Waals surface area contributed by atoms with Crippen molar-refractivity contribution in [2.24, 2.45) is 5.41 Å². The third-order valence-electron chi connectivity index (χ3n) is 2.73. The molecular weight excluding hydrogens is 206 g/mol. The highest BCUT2D eigenvalue weighted by Crippen LogP contribution is 2.29. The molecule has 0 heterocycles. The minimum absolute atomic E-state index is 0.366. The van der Waals surface area contributed by atoms with Gasteiger partial charge in [-0.1, -0.05) is 13.8 Å². The summed E-state index contributed by atoms with van der Waals surface area (Å²) in [6, 6.07) is 0. The van der Waals surface area contributed by atoms with Gasteiger partial charge in [-0.3, -0.25) is 0 Å². The number of hydrogen-bond donors (Lipinski definition) is 2. The number of amides is 1. The Hall–Kier alpha value is -0.770. The summed E-state index contributed by atoms with van der Waals surface area (Å²) in [7, 11) is 0. The van der Waals surface area contributed by atoms with Crippen LogP contribution in [0.5, 0.6) is 0 Å². The number of nitrogens with one attached hydrogen (secondary N) is 1. The first-order valence-electron chi connectivity index (χ1n) is 5.54. The van der Waals surface area contributed by atoms with Crippen molar-refractivity contribution in [3.05, 3.63) is 0 Å². The van der Waals surface area contributed by atoms with Gasteiger partial charge in [0.1, 0.15) is 5.60 Å². The Morgan fingerprint density at radius 3 is 1.88 bits per heavy atom. The van der Waals surface area contributed by atoms with Gasteiger partial charge >= 0.3 is 6.09 Å². The fourth-order valence-corrected chi connectivity index (χ4v) is 0.824. The molecule has 0 aliphatic rings. The van der Waals surface area contributed by atoms with Gasteiger partial charge in [-0.2, -0.15) is 0 Å². The molecule has 96 valence electrons. The third-order valence-corrected chi connectivity index (χ3v) is 2.73. The summed E-state index contributed by atoms with van der Waals surface area (Å²) in [4.78, 5) is 11.4. The van der Waals surface area contributed by atoms with E-state index in [2.05, 4.69) is 5.32 Å². The number of hydrogen-bond acceptors (Lipinski definition) is 3. The van der Waals surface area contributed by atoms with Crippen LogP contribution in [0.15, 0.2) is 0 Å². The SMILES string of the molecule is CC(C)(C)OC(=O)NCC(C)(C)C(C)(C)O. The molecule has 0 aromatic carbocycles. The number of alkyl carbamates (subject to hydrolysis) is 1. The first-order chi connectivity index (χ1) is 6.85. The molecule has 2 N–H and O–H groups in total. The quantitative estimate of drug-likeness (QED) is 0.783. The fourth-order valence-electron chi connectivity index (χ4n) is 0.824. The molecule has 1 amide bonds. The van der Waals surface area contributed by atoms with Crippen molar-refractivity contribution < 1.29 is 14.6 Å². The monoisotopic (exact) mass is 231 g/mol. The molecule has 4 heteroatoms. The predicted octanol–water partition coefficient (Wildman–Crippen LogP) is 2.31. The van der Waals surface area contributed by atoms with E-state index in [0.29, 0.717) is 6.54 Å². The lowest BCUT2D eigenvalue weighted by atomic mass is 9.77. The predicted molar refractivity (Wildman–Crippen MR) is 64.3 cm³/mol. The van der Waals surface area contributed by atoms with Crippen molar-refractivity contribution in [2.45, 2.75) is 59.7 Å². The fraction of sp³-hybridized carbons (Fsp3) is 0.917. The lowest BCUT2D eigenvalue weighted by Crippen LogP contribution is -2.48. The van der Waals surface area contributed by atoms with Crippen LogP contribution >= 0.6 is 0 Å². The van der Waals surface area contributed by atoms with E-state index in [1.165, 1.54) is 0 Å². The molecular formula is C12H25NO3. The van der Waals surface area contributed by atoms with E-state index < -0.39 is 22.7 Å². The van der Waals surface area contributed by atoms with E-state index in [9.17, 15) is 9.90 Å². The molecule has 0 aromatic heterocycles. The van der Waals surface area contributed by atoms with Crippen LogP contribution in [-0.2, 0) is 4.74 Å². The Morgan fingerprint density at radius 1 is 1.12 bits per heavy atom. The van der Waals surface area contributed by atoms with Crippen LogP contribution in [-0.4, -0.2) is 28.9 Å². The van der Waals surface area contributed by atoms with Gasteiger partial charge < -0.3 is 15.2 Å². The number of carbonyl (C=O) groups is 1. The summed E-state index contributed by atoms with van der Waals surface area (Å²) in [5.41, 5.74) is -1.77. The Bertz CT molecular complexity index is 246. The molecule has 0 saturated carbocycles. The van der Waals surface area contributed by atoms with Gasteiger partial charge in [-0.15, -0.1) is 0 Å². The van der Waals surface area contributed by atoms with Gasteiger partial charge in [-0.05, 0) is 34.6 Å². The molecule has 0 radical (unpaired) electrons. The van der Waals surface area contributed by atoms with Crippen LogP contribution in [0.25, 0.3) is 0 Å². The lowest BCUT2D eigenvalue weighted by molar-refractivity contribution is -0.0348. The lowest BCUT2D eigenvalue weighted by Gasteiger charge is -2.37. The summed E-state index contributed by atoms with van der Waals surface area (Å²) >= 11 is 0. The van der Waals surface area contributed by atoms with Gasteiger partial charge in [0.15, 0.2) is 0 Å². The van der Waals surface area contributed by atoms with Crippen molar-refractivity contribution >= 4 is 6.09 Å². The largest absolute Gasteiger partial charge is 0.444 e. The molecule has 16 heavy (non-hydrogen) atoms. The Morgan fingerprint density at radius 2 is 1.56 bits per heavy atom. The molecule has 0 unspecified atom stereocenters. The van der Waals surface area contributed by atoms with Crippen molar-refractivity contribution in [1.29, 1.82) is 0 Å². The second-order valence-corrected chi connectivity index (χ2v) is 6.30. The first kappa shape index (κ1) is 15.2. The summed E-state index contributed by atoms with van der Waals surface area (Å²) in [5.74, 6) is 0. The standard InChI is InChI=1S/C12H25NO3/c1-10(2,3)16-9(14)13-8-11(4,5)12(6,7)15/h15H,8H2,1-7H3,(H,13,14). The van der Waals surface area contributed by atoms with Crippen LogP contribution in [0.2, 0.25) is 0 Å². The average Bonchev–Trinajstić information content (AvgIpc) is 1.95. The Labute approximate surface area is 98.4 Å². The van der Waals surface area contributed by atoms with Crippen molar-refractivity contribution in [3.63, 3.8) is 0 Å². The minimum atomic E-state index is -0.859. The van der Waals surface area contributed by atoms with E-state index in [1.807, 2.05) is 34.6 Å². The van der Waals surface area contributed by atoms with Crippen LogP contribution < -0.4 is 5.32 Å². The van der Waals surface area contributed by atoms with Crippen LogP contribution in [0.3, 0.4) is 0 Å². The third kappa shape index (κ3) is 5.35. The summed E-state index contributed by atoms with van der Waals surface area (Å²) in [5, 5.41) is 12.6. The van der Waals surface area contributed by atoms with Crippen LogP contribution in [0, 0.1) is 5.41 Å². The molecule has 0 fully saturated rings. The molecule has 0 rings (SSSR count). The Kier molecular flexibility index (Phi) is 4.39. The number of aliphatic hydroxyl groups is 1. The highest BCUT2D eigenvalue weighted by Gasteiger charge is 2.35. The maximum absolute atomic E-state index is 11.4. The zero-order chi connectivity index (χ0) is 13.2. The maximum Gasteiger partial charge on any atom is 0.407 e. The van der Waals surface area contributed by atoms with Gasteiger partial charge in [0, 0.05) is 12.0 Å². The smallest absolute Gasteiger partial charge is 0.407 e. The molecule has 0 aliphatic heterocycles. The number of carbonyl (C=O) groups excluding carboxylic acids is 1. The van der Waals surface area contributed by atoms with Gasteiger partial charge in [0.25, 0.3) is 0 Å². The van der Waals surface area contributed by atoms with Crippen molar-refractivity contribution in [3.8, 4) is 0 Å². The number of rotatable bonds is 3. The molecule has 0 aliphatic carbocycles. The molecule has 0 bridgehead atoms. The van der Waals surface area contributed by atoms with Gasteiger partial charge in [-0.25, -0.2) is 4.79 Å². The Balaban J connectivity index is 4.22. The molecule has 0 spiro atoms. The van der Waals surface area contributed by atoms with Gasteiger partial charge in [0.05, 0.1) is 5.60 Å². The second kappa shape index (κ2) is 4.62. The highest BCUT2D eigenvalue weighted by molar-refractivity contribution is 5.67. The molecule has 4 nitrogen and oxygen atoms in total. The van der Waals surface area contributed by atoms with Crippen LogP contribution in [0.1, 0.15) is 48.5 Å². The topological polar surface area (TPSA) is 58.6 Å². The zero-order valence-electron chi connectivity index (χ0n) is 11.5. The van der Waals surface area contributed by atoms with Crippen molar-refractivity contribution in [2.75, 3.05) is 6.54 Å². The number of ether oxygens (including phenoxy) is 1. The average molecular weight is 231 g/mol. The second-order valence-electron chi connectivity index (χ2n) is 6.30. The van der Waals surface area contributed by atoms with E-state index in [4.69, 9.17) is 4.74 Å². The normalized spacial score (nSPS) is 13.5. The van der Waals surface area contributed by atoms with E-state index in [0.717, 1.165) is 0 Å². The molecule has 0 aromatic rings. The van der Waals surface area contributed by atoms with Crippen LogP contribution in [0.4, 0.5) is 4.79 Å². The van der Waals surface area contributed by atoms with E-state index in [-0.39, 0.29) is 0 Å².